The number of nitrogens with zero attached hydrogens (tertiary/aromatic N) is 2. The fourth-order valence-electron chi connectivity index (χ4n) is 3.93. The summed E-state index contributed by atoms with van der Waals surface area (Å²) < 4.78 is 33.2. The first kappa shape index (κ1) is 24.3. The van der Waals surface area contributed by atoms with Crippen molar-refractivity contribution in [2.24, 2.45) is 0 Å². The molecule has 1 atom stereocenters. The molecule has 8 nitrogen and oxygen atoms in total. The lowest BCUT2D eigenvalue weighted by Gasteiger charge is -2.27. The summed E-state index contributed by atoms with van der Waals surface area (Å²) in [5.41, 5.74) is 1.22. The molecule has 1 aliphatic rings. The molecule has 2 amide bonds. The highest BCUT2D eigenvalue weighted by Crippen LogP contribution is 2.30. The third-order valence-corrected chi connectivity index (χ3v) is 7.51. The van der Waals surface area contributed by atoms with Gasteiger partial charge in [0.1, 0.15) is 6.04 Å². The van der Waals surface area contributed by atoms with Crippen molar-refractivity contribution in [2.75, 3.05) is 11.5 Å². The highest BCUT2D eigenvalue weighted by Gasteiger charge is 2.47. The van der Waals surface area contributed by atoms with Gasteiger partial charge >= 0.3 is 5.97 Å². The monoisotopic (exact) mass is 492 g/mol. The summed E-state index contributed by atoms with van der Waals surface area (Å²) in [5, 5.41) is 0. The fourth-order valence-corrected chi connectivity index (χ4v) is 5.52. The van der Waals surface area contributed by atoms with Gasteiger partial charge in [-0.05, 0) is 48.9 Å². The maximum atomic E-state index is 13.6. The van der Waals surface area contributed by atoms with Crippen molar-refractivity contribution >= 4 is 33.5 Å². The first-order chi connectivity index (χ1) is 16.8. The van der Waals surface area contributed by atoms with Gasteiger partial charge in [0.15, 0.2) is 0 Å². The number of hydrogen-bond donors (Lipinski definition) is 0. The van der Waals surface area contributed by atoms with E-state index in [2.05, 4.69) is 0 Å². The van der Waals surface area contributed by atoms with Crippen LogP contribution in [0, 0.1) is 0 Å². The quantitative estimate of drug-likeness (QED) is 0.353. The largest absolute Gasteiger partial charge is 0.462 e. The zero-order chi connectivity index (χ0) is 25.0. The molecule has 0 bridgehead atoms. The molecule has 180 valence electrons. The molecule has 4 rings (SSSR count). The minimum atomic E-state index is -4.10. The summed E-state index contributed by atoms with van der Waals surface area (Å²) in [6, 6.07) is 21.4. The average Bonchev–Trinajstić information content (AvgIpc) is 3.17. The number of sulfonamides is 1. The van der Waals surface area contributed by atoms with E-state index in [-0.39, 0.29) is 35.7 Å². The first-order valence-corrected chi connectivity index (χ1v) is 12.5. The van der Waals surface area contributed by atoms with Crippen molar-refractivity contribution in [3.8, 4) is 0 Å². The average molecular weight is 493 g/mol. The van der Waals surface area contributed by atoms with Crippen molar-refractivity contribution < 1.29 is 27.5 Å². The lowest BCUT2D eigenvalue weighted by atomic mass is 10.2. The normalized spacial score (nSPS) is 16.1. The first-order valence-electron chi connectivity index (χ1n) is 11.1. The Kier molecular flexibility index (Phi) is 7.09. The Bertz CT molecular complexity index is 1330. The molecule has 0 spiro atoms. The van der Waals surface area contributed by atoms with Crippen LogP contribution < -0.4 is 4.90 Å². The second-order valence-electron chi connectivity index (χ2n) is 7.90. The number of anilines is 1. The molecule has 1 saturated heterocycles. The zero-order valence-corrected chi connectivity index (χ0v) is 19.9. The van der Waals surface area contributed by atoms with E-state index in [1.807, 2.05) is 6.07 Å². The topological polar surface area (TPSA) is 101 Å². The Morgan fingerprint density at radius 2 is 1.54 bits per heavy atom. The highest BCUT2D eigenvalue weighted by atomic mass is 32.2. The van der Waals surface area contributed by atoms with Crippen molar-refractivity contribution in [1.82, 2.24) is 4.31 Å². The summed E-state index contributed by atoms with van der Waals surface area (Å²) in [4.78, 5) is 39.3. The summed E-state index contributed by atoms with van der Waals surface area (Å²) in [6.45, 7) is 1.84. The maximum absolute atomic E-state index is 13.6. The van der Waals surface area contributed by atoms with Crippen LogP contribution >= 0.6 is 0 Å². The number of ether oxygens (including phenoxy) is 1. The van der Waals surface area contributed by atoms with Crippen LogP contribution in [-0.4, -0.2) is 43.2 Å². The summed E-state index contributed by atoms with van der Waals surface area (Å²) in [7, 11) is -4.10. The molecule has 9 heteroatoms. The van der Waals surface area contributed by atoms with E-state index in [0.717, 1.165) is 9.21 Å². The zero-order valence-electron chi connectivity index (χ0n) is 19.0. The van der Waals surface area contributed by atoms with Gasteiger partial charge in [-0.2, -0.15) is 4.31 Å². The molecule has 0 saturated carbocycles. The third-order valence-electron chi connectivity index (χ3n) is 5.64. The Morgan fingerprint density at radius 3 is 2.14 bits per heavy atom. The summed E-state index contributed by atoms with van der Waals surface area (Å²) >= 11 is 0. The maximum Gasteiger partial charge on any atom is 0.338 e. The summed E-state index contributed by atoms with van der Waals surface area (Å²) in [5.74, 6) is -1.68. The van der Waals surface area contributed by atoms with Crippen LogP contribution in [-0.2, 0) is 30.9 Å². The molecule has 3 aromatic carbocycles. The number of amides is 2. The molecular formula is C26H24N2O6S. The molecule has 0 N–H and O–H groups in total. The smallest absolute Gasteiger partial charge is 0.338 e. The third kappa shape index (κ3) is 5.01. The van der Waals surface area contributed by atoms with E-state index in [1.165, 1.54) is 36.4 Å². The molecule has 1 unspecified atom stereocenters. The van der Waals surface area contributed by atoms with Gasteiger partial charge in [0, 0.05) is 6.54 Å². The van der Waals surface area contributed by atoms with E-state index < -0.39 is 33.8 Å². The number of esters is 1. The predicted molar refractivity (Wildman–Crippen MR) is 129 cm³/mol. The number of benzene rings is 3. The molecule has 3 aromatic rings. The summed E-state index contributed by atoms with van der Waals surface area (Å²) in [6.07, 6.45) is -0.294. The van der Waals surface area contributed by atoms with E-state index in [4.69, 9.17) is 4.74 Å². The van der Waals surface area contributed by atoms with Crippen molar-refractivity contribution in [1.29, 1.82) is 0 Å². The minimum Gasteiger partial charge on any atom is -0.462 e. The van der Waals surface area contributed by atoms with E-state index in [0.29, 0.717) is 5.56 Å². The van der Waals surface area contributed by atoms with Crippen LogP contribution in [0.15, 0.2) is 89.8 Å². The lowest BCUT2D eigenvalue weighted by Crippen LogP contribution is -2.45. The highest BCUT2D eigenvalue weighted by molar-refractivity contribution is 7.89. The van der Waals surface area contributed by atoms with Crippen molar-refractivity contribution in [2.45, 2.75) is 30.8 Å². The number of rotatable bonds is 8. The number of imide groups is 1. The van der Waals surface area contributed by atoms with Crippen LogP contribution in [0.25, 0.3) is 0 Å². The van der Waals surface area contributed by atoms with E-state index >= 15 is 0 Å². The fraction of sp³-hybridized carbons (Fsp3) is 0.192. The van der Waals surface area contributed by atoms with Crippen LogP contribution in [0.5, 0.6) is 0 Å². The van der Waals surface area contributed by atoms with Crippen LogP contribution in [0.1, 0.15) is 29.3 Å². The molecule has 1 aliphatic heterocycles. The number of carbonyl (C=O) groups excluding carboxylic acids is 3. The van der Waals surface area contributed by atoms with E-state index in [1.54, 1.807) is 49.4 Å². The van der Waals surface area contributed by atoms with Gasteiger partial charge in [0.25, 0.3) is 5.91 Å². The standard InChI is InChI=1S/C26H24N2O6S/c1-2-34-26(31)20-13-15-21(16-14-20)28-24(29)17-23(25(28)30)27(18-19-9-5-3-6-10-19)35(32,33)22-11-7-4-8-12-22/h3-16,23H,2,17-18H2,1H3. The molecule has 1 fully saturated rings. The van der Waals surface area contributed by atoms with Crippen LogP contribution in [0.3, 0.4) is 0 Å². The van der Waals surface area contributed by atoms with Gasteiger partial charge < -0.3 is 4.74 Å². The molecular weight excluding hydrogens is 468 g/mol. The van der Waals surface area contributed by atoms with Crippen molar-refractivity contribution in [3.63, 3.8) is 0 Å². The molecule has 1 heterocycles. The molecule has 0 aliphatic carbocycles. The number of hydrogen-bond acceptors (Lipinski definition) is 6. The van der Waals surface area contributed by atoms with Gasteiger partial charge in [0.05, 0.1) is 29.2 Å². The molecule has 0 radical (unpaired) electrons. The van der Waals surface area contributed by atoms with Gasteiger partial charge in [-0.25, -0.2) is 18.1 Å². The number of carbonyl (C=O) groups is 3. The Balaban J connectivity index is 1.67. The van der Waals surface area contributed by atoms with Crippen LogP contribution in [0.4, 0.5) is 5.69 Å². The van der Waals surface area contributed by atoms with Gasteiger partial charge in [0.2, 0.25) is 15.9 Å². The van der Waals surface area contributed by atoms with Gasteiger partial charge in [-0.1, -0.05) is 48.5 Å². The Labute approximate surface area is 203 Å². The molecule has 35 heavy (non-hydrogen) atoms. The lowest BCUT2D eigenvalue weighted by molar-refractivity contribution is -0.122. The van der Waals surface area contributed by atoms with Crippen LogP contribution in [0.2, 0.25) is 0 Å². The van der Waals surface area contributed by atoms with Crippen molar-refractivity contribution in [3.05, 3.63) is 96.1 Å². The molecule has 0 aromatic heterocycles. The Morgan fingerprint density at radius 1 is 0.943 bits per heavy atom. The minimum absolute atomic E-state index is 0.0356. The Hall–Kier alpha value is -3.82. The van der Waals surface area contributed by atoms with Gasteiger partial charge in [-0.3, -0.25) is 9.59 Å². The van der Waals surface area contributed by atoms with E-state index in [9.17, 15) is 22.8 Å². The predicted octanol–water partition coefficient (Wildman–Crippen LogP) is 3.39. The second kappa shape index (κ2) is 10.2. The second-order valence-corrected chi connectivity index (χ2v) is 9.79. The SMILES string of the molecule is CCOC(=O)c1ccc(N2C(=O)CC(N(Cc3ccccc3)S(=O)(=O)c3ccccc3)C2=O)cc1. The van der Waals surface area contributed by atoms with Gasteiger partial charge in [-0.15, -0.1) is 0 Å².